The summed E-state index contributed by atoms with van der Waals surface area (Å²) in [4.78, 5) is 11.9. The maximum atomic E-state index is 12.0. The zero-order chi connectivity index (χ0) is 23.4. The van der Waals surface area contributed by atoms with E-state index in [0.29, 0.717) is 17.2 Å². The van der Waals surface area contributed by atoms with Crippen molar-refractivity contribution in [1.82, 2.24) is 10.0 Å². The summed E-state index contributed by atoms with van der Waals surface area (Å²) in [5.74, 6) is 0.845. The minimum absolute atomic E-state index is 0.0586. The number of ether oxygens (including phenoxy) is 3. The molecule has 2 rings (SSSR count). The Morgan fingerprint density at radius 1 is 1.06 bits per heavy atom. The van der Waals surface area contributed by atoms with Crippen molar-refractivity contribution in [3.8, 4) is 17.2 Å². The molecule has 3 N–H and O–H groups in total. The van der Waals surface area contributed by atoms with Gasteiger partial charge in [-0.15, -0.1) is 0 Å². The fraction of sp³-hybridized carbons (Fsp3) is 0.318. The van der Waals surface area contributed by atoms with E-state index in [9.17, 15) is 18.3 Å². The van der Waals surface area contributed by atoms with Gasteiger partial charge in [0.25, 0.3) is 0 Å². The standard InChI is InChI=1S/C22H28N2O7S/c1-29-19-9-6-10-20(30-2)22(19)31-16-18(25)15-23-21(26)11-13-24-32(27,28)14-12-17-7-4-3-5-8-17/h3-10,12,14,18,24-25H,11,13,15-16H2,1-2H3,(H,23,26)/b14-12+. The van der Waals surface area contributed by atoms with Crippen molar-refractivity contribution in [3.05, 3.63) is 59.5 Å². The molecule has 0 aliphatic rings. The third-order valence-electron chi connectivity index (χ3n) is 4.23. The minimum Gasteiger partial charge on any atom is -0.493 e. The predicted molar refractivity (Wildman–Crippen MR) is 121 cm³/mol. The molecule has 2 aromatic carbocycles. The van der Waals surface area contributed by atoms with E-state index in [-0.39, 0.29) is 26.1 Å². The van der Waals surface area contributed by atoms with Crippen LogP contribution < -0.4 is 24.2 Å². The van der Waals surface area contributed by atoms with Gasteiger partial charge in [-0.25, -0.2) is 13.1 Å². The first kappa shape index (κ1) is 25.2. The van der Waals surface area contributed by atoms with Crippen molar-refractivity contribution in [2.45, 2.75) is 12.5 Å². The largest absolute Gasteiger partial charge is 0.493 e. The van der Waals surface area contributed by atoms with Gasteiger partial charge in [0.15, 0.2) is 11.5 Å². The number of hydrogen-bond donors (Lipinski definition) is 3. The highest BCUT2D eigenvalue weighted by Crippen LogP contribution is 2.36. The van der Waals surface area contributed by atoms with Gasteiger partial charge in [0.2, 0.25) is 21.7 Å². The van der Waals surface area contributed by atoms with E-state index in [1.807, 2.05) is 6.07 Å². The van der Waals surface area contributed by atoms with Crippen LogP contribution in [0.4, 0.5) is 0 Å². The Kier molecular flexibility index (Phi) is 9.99. The van der Waals surface area contributed by atoms with Crippen LogP contribution in [0.15, 0.2) is 53.9 Å². The van der Waals surface area contributed by atoms with Gasteiger partial charge in [-0.1, -0.05) is 36.4 Å². The van der Waals surface area contributed by atoms with Crippen LogP contribution in [0.5, 0.6) is 17.2 Å². The quantitative estimate of drug-likeness (QED) is 0.411. The second-order valence-electron chi connectivity index (χ2n) is 6.66. The molecule has 0 radical (unpaired) electrons. The summed E-state index contributed by atoms with van der Waals surface area (Å²) < 4.78 is 42.3. The molecular weight excluding hydrogens is 436 g/mol. The number of carbonyl (C=O) groups excluding carboxylic acids is 1. The summed E-state index contributed by atoms with van der Waals surface area (Å²) in [6.07, 6.45) is 0.404. The van der Waals surface area contributed by atoms with Gasteiger partial charge in [0.1, 0.15) is 12.7 Å². The lowest BCUT2D eigenvalue weighted by atomic mass is 10.2. The van der Waals surface area contributed by atoms with Crippen molar-refractivity contribution < 1.29 is 32.5 Å². The molecule has 1 atom stereocenters. The first-order chi connectivity index (χ1) is 15.3. The van der Waals surface area contributed by atoms with Crippen LogP contribution in [0.1, 0.15) is 12.0 Å². The molecule has 0 saturated carbocycles. The number of sulfonamides is 1. The number of para-hydroxylation sites is 1. The van der Waals surface area contributed by atoms with E-state index >= 15 is 0 Å². The number of aliphatic hydroxyl groups is 1. The number of methoxy groups -OCH3 is 2. The van der Waals surface area contributed by atoms with Crippen LogP contribution >= 0.6 is 0 Å². The van der Waals surface area contributed by atoms with E-state index in [2.05, 4.69) is 10.0 Å². The highest BCUT2D eigenvalue weighted by molar-refractivity contribution is 7.92. The monoisotopic (exact) mass is 464 g/mol. The molecule has 2 aromatic rings. The lowest BCUT2D eigenvalue weighted by molar-refractivity contribution is -0.121. The summed E-state index contributed by atoms with van der Waals surface area (Å²) in [5.41, 5.74) is 0.748. The van der Waals surface area contributed by atoms with Crippen LogP contribution in [-0.2, 0) is 14.8 Å². The van der Waals surface area contributed by atoms with Gasteiger partial charge in [0, 0.05) is 24.9 Å². The van der Waals surface area contributed by atoms with Gasteiger partial charge in [-0.3, -0.25) is 4.79 Å². The van der Waals surface area contributed by atoms with E-state index in [0.717, 1.165) is 11.0 Å². The van der Waals surface area contributed by atoms with E-state index in [1.165, 1.54) is 20.3 Å². The Hall–Kier alpha value is -3.08. The first-order valence-electron chi connectivity index (χ1n) is 9.86. The Morgan fingerprint density at radius 3 is 2.34 bits per heavy atom. The molecule has 0 bridgehead atoms. The van der Waals surface area contributed by atoms with Crippen LogP contribution in [-0.4, -0.2) is 59.5 Å². The van der Waals surface area contributed by atoms with E-state index in [1.54, 1.807) is 42.5 Å². The number of rotatable bonds is 13. The third-order valence-corrected chi connectivity index (χ3v) is 5.33. The molecule has 0 fully saturated rings. The molecular formula is C22H28N2O7S. The number of carbonyl (C=O) groups is 1. The summed E-state index contributed by atoms with van der Waals surface area (Å²) in [6.45, 7) is -0.233. The normalized spacial score (nSPS) is 12.3. The van der Waals surface area contributed by atoms with Crippen molar-refractivity contribution in [3.63, 3.8) is 0 Å². The fourth-order valence-corrected chi connectivity index (χ4v) is 3.42. The second kappa shape index (κ2) is 12.7. The molecule has 1 amide bonds. The smallest absolute Gasteiger partial charge is 0.233 e. The molecule has 9 nitrogen and oxygen atoms in total. The molecule has 1 unspecified atom stereocenters. The van der Waals surface area contributed by atoms with Crippen molar-refractivity contribution in [2.75, 3.05) is 33.9 Å². The summed E-state index contributed by atoms with van der Waals surface area (Å²) in [6, 6.07) is 14.1. The number of aliphatic hydroxyl groups excluding tert-OH is 1. The molecule has 0 spiro atoms. The van der Waals surface area contributed by atoms with Crippen LogP contribution in [0.2, 0.25) is 0 Å². The van der Waals surface area contributed by atoms with Crippen LogP contribution in [0.25, 0.3) is 6.08 Å². The topological polar surface area (TPSA) is 123 Å². The zero-order valence-electron chi connectivity index (χ0n) is 18.0. The molecule has 0 aliphatic heterocycles. The SMILES string of the molecule is COc1cccc(OC)c1OCC(O)CNC(=O)CCNS(=O)(=O)/C=C/c1ccccc1. The van der Waals surface area contributed by atoms with Gasteiger partial charge in [0.05, 0.1) is 14.2 Å². The van der Waals surface area contributed by atoms with E-state index in [4.69, 9.17) is 14.2 Å². The van der Waals surface area contributed by atoms with Crippen LogP contribution in [0, 0.1) is 0 Å². The number of benzene rings is 2. The average Bonchev–Trinajstić information content (AvgIpc) is 2.80. The first-order valence-corrected chi connectivity index (χ1v) is 11.4. The Labute approximate surface area is 188 Å². The summed E-state index contributed by atoms with van der Waals surface area (Å²) in [7, 11) is -0.683. The van der Waals surface area contributed by atoms with E-state index < -0.39 is 22.0 Å². The highest BCUT2D eigenvalue weighted by Gasteiger charge is 2.14. The lowest BCUT2D eigenvalue weighted by Gasteiger charge is -2.17. The highest BCUT2D eigenvalue weighted by atomic mass is 32.2. The Morgan fingerprint density at radius 2 is 1.72 bits per heavy atom. The molecule has 10 heteroatoms. The van der Waals surface area contributed by atoms with Crippen molar-refractivity contribution in [2.24, 2.45) is 0 Å². The summed E-state index contributed by atoms with van der Waals surface area (Å²) >= 11 is 0. The third kappa shape index (κ3) is 8.58. The molecule has 0 aliphatic carbocycles. The lowest BCUT2D eigenvalue weighted by Crippen LogP contribution is -2.37. The van der Waals surface area contributed by atoms with Gasteiger partial charge in [-0.05, 0) is 23.8 Å². The zero-order valence-corrected chi connectivity index (χ0v) is 18.8. The second-order valence-corrected chi connectivity index (χ2v) is 8.31. The summed E-state index contributed by atoms with van der Waals surface area (Å²) in [5, 5.41) is 13.7. The van der Waals surface area contributed by atoms with Gasteiger partial charge >= 0.3 is 0 Å². The maximum Gasteiger partial charge on any atom is 0.233 e. The van der Waals surface area contributed by atoms with Crippen molar-refractivity contribution in [1.29, 1.82) is 0 Å². The Bertz CT molecular complexity index is 972. The number of nitrogens with one attached hydrogen (secondary N) is 2. The fourth-order valence-electron chi connectivity index (χ4n) is 2.61. The van der Waals surface area contributed by atoms with Crippen LogP contribution in [0.3, 0.4) is 0 Å². The Balaban J connectivity index is 1.71. The maximum absolute atomic E-state index is 12.0. The molecule has 0 heterocycles. The molecule has 32 heavy (non-hydrogen) atoms. The predicted octanol–water partition coefficient (Wildman–Crippen LogP) is 1.54. The minimum atomic E-state index is -3.66. The number of amides is 1. The number of hydrogen-bond acceptors (Lipinski definition) is 7. The van der Waals surface area contributed by atoms with Gasteiger partial charge in [-0.2, -0.15) is 0 Å². The van der Waals surface area contributed by atoms with Crippen molar-refractivity contribution >= 4 is 22.0 Å². The molecule has 0 aromatic heterocycles. The molecule has 174 valence electrons. The molecule has 0 saturated heterocycles. The average molecular weight is 465 g/mol. The van der Waals surface area contributed by atoms with Gasteiger partial charge < -0.3 is 24.6 Å².